The first-order chi connectivity index (χ1) is 19.1. The van der Waals surface area contributed by atoms with Crippen molar-refractivity contribution in [3.05, 3.63) is 128 Å². The van der Waals surface area contributed by atoms with Crippen LogP contribution in [0.4, 0.5) is 43.9 Å². The lowest BCUT2D eigenvalue weighted by Crippen LogP contribution is -2.06. The summed E-state index contributed by atoms with van der Waals surface area (Å²) in [6.45, 7) is -0.398. The van der Waals surface area contributed by atoms with Gasteiger partial charge < -0.3 is 9.47 Å². The van der Waals surface area contributed by atoms with Crippen molar-refractivity contribution in [2.24, 2.45) is 0 Å². The van der Waals surface area contributed by atoms with Crippen molar-refractivity contribution in [3.8, 4) is 11.5 Å². The van der Waals surface area contributed by atoms with Gasteiger partial charge in [0.15, 0.2) is 0 Å². The summed E-state index contributed by atoms with van der Waals surface area (Å²) in [6, 6.07) is 13.1. The molecule has 4 aromatic carbocycles. The summed E-state index contributed by atoms with van der Waals surface area (Å²) in [4.78, 5) is 0. The largest absolute Gasteiger partial charge is 0.489 e. The normalized spacial score (nSPS) is 11.5. The maximum absolute atomic E-state index is 13.4. The third kappa shape index (κ3) is 9.54. The zero-order chi connectivity index (χ0) is 30.4. The highest BCUT2D eigenvalue weighted by Gasteiger charge is 2.31. The van der Waals surface area contributed by atoms with Gasteiger partial charge in [0.1, 0.15) is 48.0 Å². The number of hydrogen-bond acceptors (Lipinski definition) is 2. The fraction of sp³-hybridized carbons (Fsp3) is 0.143. The van der Waals surface area contributed by atoms with Crippen molar-refractivity contribution in [2.75, 3.05) is 0 Å². The molecule has 0 saturated carbocycles. The molecule has 0 radical (unpaired) electrons. The lowest BCUT2D eigenvalue weighted by Gasteiger charge is -2.12. The Bertz CT molecular complexity index is 1470. The van der Waals surface area contributed by atoms with E-state index in [9.17, 15) is 43.9 Å². The molecule has 4 rings (SSSR count). The predicted molar refractivity (Wildman–Crippen MR) is 137 cm³/mol. The number of ether oxygens (including phenoxy) is 2. The molecule has 0 aliphatic rings. The Hall–Kier alpha value is -3.49. The van der Waals surface area contributed by atoms with Crippen LogP contribution < -0.4 is 9.47 Å². The molecule has 0 aliphatic heterocycles. The Morgan fingerprint density at radius 3 is 1.44 bits per heavy atom. The van der Waals surface area contributed by atoms with Crippen LogP contribution in [-0.4, -0.2) is 0 Å². The highest BCUT2D eigenvalue weighted by atomic mass is 127. The Morgan fingerprint density at radius 1 is 0.537 bits per heavy atom. The standard InChI is InChI=1S/C14H8F5IO.C14H9F5O/c15-10-3-1-8(11(16)6-10)7-21-13-4-2-9(5-12(13)20)14(17,18)19;15-11-4-1-9(13(16)7-11)8-20-12-5-2-10(3-6-12)14(17,18)19/h1-6H,7H2;1-7H,8H2. The van der Waals surface area contributed by atoms with Crippen molar-refractivity contribution >= 4 is 22.6 Å². The SMILES string of the molecule is Fc1ccc(COc2ccc(C(F)(F)F)cc2)c(F)c1.Fc1ccc(COc2ccc(C(F)(F)F)cc2I)c(F)c1. The minimum absolute atomic E-state index is 0.117. The summed E-state index contributed by atoms with van der Waals surface area (Å²) in [5, 5.41) is 0. The van der Waals surface area contributed by atoms with Gasteiger partial charge in [0.05, 0.1) is 14.7 Å². The molecule has 0 fully saturated rings. The van der Waals surface area contributed by atoms with Gasteiger partial charge in [-0.25, -0.2) is 17.6 Å². The fourth-order valence-corrected chi connectivity index (χ4v) is 3.80. The van der Waals surface area contributed by atoms with Crippen molar-refractivity contribution in [1.29, 1.82) is 0 Å². The summed E-state index contributed by atoms with van der Waals surface area (Å²) in [5.74, 6) is -2.58. The van der Waals surface area contributed by atoms with E-state index in [0.717, 1.165) is 54.6 Å². The molecule has 0 unspecified atom stereocenters. The third-order valence-electron chi connectivity index (χ3n) is 5.25. The zero-order valence-electron chi connectivity index (χ0n) is 20.4. The van der Waals surface area contributed by atoms with E-state index in [-0.39, 0.29) is 39.4 Å². The van der Waals surface area contributed by atoms with Crippen LogP contribution in [0.15, 0.2) is 78.9 Å². The molecule has 0 heterocycles. The molecule has 0 aromatic heterocycles. The van der Waals surface area contributed by atoms with E-state index in [2.05, 4.69) is 0 Å². The summed E-state index contributed by atoms with van der Waals surface area (Å²) in [7, 11) is 0. The van der Waals surface area contributed by atoms with Crippen LogP contribution in [-0.2, 0) is 25.6 Å². The summed E-state index contributed by atoms with van der Waals surface area (Å²) < 4.78 is 137. The van der Waals surface area contributed by atoms with Crippen LogP contribution >= 0.6 is 22.6 Å². The lowest BCUT2D eigenvalue weighted by molar-refractivity contribution is -0.138. The number of rotatable bonds is 6. The molecule has 0 atom stereocenters. The topological polar surface area (TPSA) is 18.5 Å². The Balaban J connectivity index is 0.000000226. The molecule has 13 heteroatoms. The van der Waals surface area contributed by atoms with Crippen LogP contribution in [0, 0.1) is 26.8 Å². The molecular weight excluding hydrogens is 685 g/mol. The van der Waals surface area contributed by atoms with E-state index in [1.54, 1.807) is 22.6 Å². The van der Waals surface area contributed by atoms with Crippen molar-refractivity contribution in [3.63, 3.8) is 0 Å². The van der Waals surface area contributed by atoms with Gasteiger partial charge in [0.25, 0.3) is 0 Å². The van der Waals surface area contributed by atoms with Crippen LogP contribution in [0.25, 0.3) is 0 Å². The smallest absolute Gasteiger partial charge is 0.416 e. The van der Waals surface area contributed by atoms with Gasteiger partial charge in [-0.2, -0.15) is 26.3 Å². The Kier molecular flexibility index (Phi) is 10.5. The second kappa shape index (κ2) is 13.4. The number of halogens is 11. The summed E-state index contributed by atoms with van der Waals surface area (Å²) in [6.07, 6.45) is -8.84. The van der Waals surface area contributed by atoms with Gasteiger partial charge in [-0.15, -0.1) is 0 Å². The third-order valence-corrected chi connectivity index (χ3v) is 6.09. The van der Waals surface area contributed by atoms with E-state index >= 15 is 0 Å². The van der Waals surface area contributed by atoms with Gasteiger partial charge in [0, 0.05) is 23.3 Å². The monoisotopic (exact) mass is 702 g/mol. The Morgan fingerprint density at radius 2 is 1.00 bits per heavy atom. The lowest BCUT2D eigenvalue weighted by atomic mass is 10.2. The van der Waals surface area contributed by atoms with E-state index in [1.807, 2.05) is 0 Å². The van der Waals surface area contributed by atoms with Crippen LogP contribution in [0.1, 0.15) is 22.3 Å². The number of hydrogen-bond donors (Lipinski definition) is 0. The molecule has 2 nitrogen and oxygen atoms in total. The van der Waals surface area contributed by atoms with Crippen LogP contribution in [0.2, 0.25) is 0 Å². The number of alkyl halides is 6. The second-order valence-corrected chi connectivity index (χ2v) is 9.38. The maximum atomic E-state index is 13.4. The molecule has 218 valence electrons. The van der Waals surface area contributed by atoms with E-state index in [0.29, 0.717) is 6.07 Å². The zero-order valence-corrected chi connectivity index (χ0v) is 22.6. The van der Waals surface area contributed by atoms with Gasteiger partial charge in [0.2, 0.25) is 0 Å². The highest BCUT2D eigenvalue weighted by molar-refractivity contribution is 14.1. The molecule has 0 bridgehead atoms. The first kappa shape index (κ1) is 32.0. The Labute approximate surface area is 240 Å². The van der Waals surface area contributed by atoms with Gasteiger partial charge >= 0.3 is 12.4 Å². The first-order valence-electron chi connectivity index (χ1n) is 11.3. The maximum Gasteiger partial charge on any atom is 0.416 e. The second-order valence-electron chi connectivity index (χ2n) is 8.21. The van der Waals surface area contributed by atoms with Crippen LogP contribution in [0.3, 0.4) is 0 Å². The van der Waals surface area contributed by atoms with Crippen LogP contribution in [0.5, 0.6) is 11.5 Å². The van der Waals surface area contributed by atoms with Crippen molar-refractivity contribution in [2.45, 2.75) is 25.6 Å². The first-order valence-corrected chi connectivity index (χ1v) is 12.4. The van der Waals surface area contributed by atoms with E-state index < -0.39 is 46.7 Å². The minimum atomic E-state index is -4.43. The molecular formula is C28H17F10IO2. The van der Waals surface area contributed by atoms with Crippen molar-refractivity contribution < 1.29 is 53.4 Å². The molecule has 41 heavy (non-hydrogen) atoms. The molecule has 0 saturated heterocycles. The van der Waals surface area contributed by atoms with E-state index in [4.69, 9.17) is 9.47 Å². The number of benzene rings is 4. The average molecular weight is 702 g/mol. The highest BCUT2D eigenvalue weighted by Crippen LogP contribution is 2.33. The molecule has 4 aromatic rings. The van der Waals surface area contributed by atoms with Gasteiger partial charge in [-0.3, -0.25) is 0 Å². The van der Waals surface area contributed by atoms with Gasteiger partial charge in [-0.05, 0) is 89.3 Å². The minimum Gasteiger partial charge on any atom is -0.489 e. The molecule has 0 spiro atoms. The molecule has 0 aliphatic carbocycles. The average Bonchev–Trinajstić information content (AvgIpc) is 2.88. The summed E-state index contributed by atoms with van der Waals surface area (Å²) >= 11 is 1.70. The summed E-state index contributed by atoms with van der Waals surface area (Å²) in [5.41, 5.74) is -1.34. The quantitative estimate of drug-likeness (QED) is 0.147. The fourth-order valence-electron chi connectivity index (χ4n) is 3.13. The molecule has 0 N–H and O–H groups in total. The predicted octanol–water partition coefficient (Wildman–Crippen LogP) is 9.73. The molecule has 0 amide bonds. The van der Waals surface area contributed by atoms with Gasteiger partial charge in [-0.1, -0.05) is 0 Å². The van der Waals surface area contributed by atoms with E-state index in [1.165, 1.54) is 18.2 Å². The van der Waals surface area contributed by atoms with Crippen molar-refractivity contribution in [1.82, 2.24) is 0 Å².